The van der Waals surface area contributed by atoms with Crippen molar-refractivity contribution in [2.75, 3.05) is 13.1 Å². The maximum absolute atomic E-state index is 9.78. The van der Waals surface area contributed by atoms with Crippen molar-refractivity contribution < 1.29 is 10.0 Å². The van der Waals surface area contributed by atoms with Gasteiger partial charge in [-0.2, -0.15) is 0 Å². The number of hydrogen-bond donors (Lipinski definition) is 2. The normalized spacial score (nSPS) is 23.9. The van der Waals surface area contributed by atoms with Crippen LogP contribution >= 0.6 is 12.2 Å². The fourth-order valence-electron chi connectivity index (χ4n) is 3.01. The van der Waals surface area contributed by atoms with Crippen molar-refractivity contribution in [3.05, 3.63) is 29.0 Å². The Morgan fingerprint density at radius 2 is 2.11 bits per heavy atom. The van der Waals surface area contributed by atoms with Crippen LogP contribution in [0.2, 0.25) is 0 Å². The number of fused-ring (bicyclic) bond motifs is 1. The molecule has 1 aromatic carbocycles. The second-order valence-electron chi connectivity index (χ2n) is 5.42. The number of rotatable bonds is 2. The van der Waals surface area contributed by atoms with Crippen LogP contribution in [0.1, 0.15) is 12.8 Å². The first-order valence-electron chi connectivity index (χ1n) is 6.82. The Balaban J connectivity index is 1.96. The van der Waals surface area contributed by atoms with E-state index in [9.17, 15) is 5.11 Å². The van der Waals surface area contributed by atoms with Crippen LogP contribution in [-0.2, 0) is 13.7 Å². The molecule has 0 saturated carbocycles. The smallest absolute Gasteiger partial charge is 0.184 e. The van der Waals surface area contributed by atoms with E-state index < -0.39 is 0 Å². The van der Waals surface area contributed by atoms with Gasteiger partial charge in [0.25, 0.3) is 0 Å². The molecular formula is C14H20N3OS+. The van der Waals surface area contributed by atoms with Gasteiger partial charge in [0.05, 0.1) is 17.6 Å². The van der Waals surface area contributed by atoms with Crippen LogP contribution in [0.25, 0.3) is 11.0 Å². The van der Waals surface area contributed by atoms with Crippen molar-refractivity contribution in [2.24, 2.45) is 7.05 Å². The molecule has 2 aromatic rings. The fraction of sp³-hybridized carbons (Fsp3) is 0.500. The van der Waals surface area contributed by atoms with Gasteiger partial charge in [-0.15, -0.1) is 0 Å². The Morgan fingerprint density at radius 3 is 2.84 bits per heavy atom. The summed E-state index contributed by atoms with van der Waals surface area (Å²) in [6, 6.07) is 8.31. The summed E-state index contributed by atoms with van der Waals surface area (Å²) in [5.74, 6) is 0. The molecule has 2 atom stereocenters. The summed E-state index contributed by atoms with van der Waals surface area (Å²) in [5.41, 5.74) is 2.35. The molecular weight excluding hydrogens is 258 g/mol. The number of likely N-dealkylation sites (tertiary alicyclic amines) is 1. The molecule has 1 aliphatic rings. The second kappa shape index (κ2) is 5.07. The van der Waals surface area contributed by atoms with Gasteiger partial charge < -0.3 is 14.6 Å². The van der Waals surface area contributed by atoms with E-state index in [1.807, 2.05) is 19.2 Å². The third-order valence-electron chi connectivity index (χ3n) is 4.03. The molecule has 1 unspecified atom stereocenters. The highest BCUT2D eigenvalue weighted by atomic mass is 32.1. The SMILES string of the molecule is Cn1c(=S)n(C[NH+]2CCC[C@H](O)C2)c2ccccc21. The number of nitrogens with one attached hydrogen (secondary N) is 1. The van der Waals surface area contributed by atoms with Crippen molar-refractivity contribution in [1.82, 2.24) is 9.13 Å². The van der Waals surface area contributed by atoms with Gasteiger partial charge in [-0.05, 0) is 37.2 Å². The third-order valence-corrected chi connectivity index (χ3v) is 4.52. The van der Waals surface area contributed by atoms with Gasteiger partial charge in [-0.25, -0.2) is 0 Å². The molecule has 3 rings (SSSR count). The first-order valence-corrected chi connectivity index (χ1v) is 7.23. The minimum absolute atomic E-state index is 0.159. The first kappa shape index (κ1) is 12.8. The minimum Gasteiger partial charge on any atom is -0.387 e. The highest BCUT2D eigenvalue weighted by molar-refractivity contribution is 7.71. The van der Waals surface area contributed by atoms with Gasteiger partial charge in [0.15, 0.2) is 11.4 Å². The summed E-state index contributed by atoms with van der Waals surface area (Å²) < 4.78 is 5.11. The van der Waals surface area contributed by atoms with Crippen molar-refractivity contribution in [3.8, 4) is 0 Å². The number of aliphatic hydroxyl groups is 1. The van der Waals surface area contributed by atoms with Crippen LogP contribution in [0.15, 0.2) is 24.3 Å². The maximum Gasteiger partial charge on any atom is 0.184 e. The Morgan fingerprint density at radius 1 is 1.37 bits per heavy atom. The van der Waals surface area contributed by atoms with Gasteiger partial charge in [0.2, 0.25) is 0 Å². The fourth-order valence-corrected chi connectivity index (χ4v) is 3.27. The highest BCUT2D eigenvalue weighted by Crippen LogP contribution is 2.15. The molecule has 2 heterocycles. The molecule has 19 heavy (non-hydrogen) atoms. The lowest BCUT2D eigenvalue weighted by molar-refractivity contribution is -0.930. The lowest BCUT2D eigenvalue weighted by Crippen LogP contribution is -3.13. The number of aryl methyl sites for hydroxylation is 1. The van der Waals surface area contributed by atoms with Gasteiger partial charge in [-0.3, -0.25) is 4.57 Å². The molecule has 1 aromatic heterocycles. The van der Waals surface area contributed by atoms with Gasteiger partial charge in [0.1, 0.15) is 12.6 Å². The molecule has 1 saturated heterocycles. The highest BCUT2D eigenvalue weighted by Gasteiger charge is 2.22. The molecule has 0 aliphatic carbocycles. The summed E-state index contributed by atoms with van der Waals surface area (Å²) in [6.07, 6.45) is 1.87. The Kier molecular flexibility index (Phi) is 3.43. The number of aromatic nitrogens is 2. The molecule has 1 aliphatic heterocycles. The number of imidazole rings is 1. The van der Waals surface area contributed by atoms with E-state index in [0.29, 0.717) is 0 Å². The molecule has 0 bridgehead atoms. The summed E-state index contributed by atoms with van der Waals surface area (Å²) in [4.78, 5) is 1.41. The third kappa shape index (κ3) is 2.33. The monoisotopic (exact) mass is 278 g/mol. The zero-order valence-electron chi connectivity index (χ0n) is 11.2. The number of hydrogen-bond acceptors (Lipinski definition) is 2. The number of nitrogens with zero attached hydrogens (tertiary/aromatic N) is 2. The summed E-state index contributed by atoms with van der Waals surface area (Å²) >= 11 is 5.54. The van der Waals surface area contributed by atoms with Crippen molar-refractivity contribution in [3.63, 3.8) is 0 Å². The first-order chi connectivity index (χ1) is 9.16. The topological polar surface area (TPSA) is 34.5 Å². The Bertz CT molecular complexity index is 646. The van der Waals surface area contributed by atoms with E-state index in [-0.39, 0.29) is 6.10 Å². The van der Waals surface area contributed by atoms with E-state index in [0.717, 1.165) is 37.4 Å². The number of para-hydroxylation sites is 2. The largest absolute Gasteiger partial charge is 0.387 e. The lowest BCUT2D eigenvalue weighted by atomic mass is 10.1. The minimum atomic E-state index is -0.159. The number of piperidine rings is 1. The standard InChI is InChI=1S/C14H19N3OS/c1-15-12-6-2-3-7-13(12)17(14(15)19)10-16-8-4-5-11(18)9-16/h2-3,6-7,11,18H,4-5,8-10H2,1H3/p+1/t11-/m0/s1. The van der Waals surface area contributed by atoms with Crippen LogP contribution in [-0.4, -0.2) is 33.4 Å². The lowest BCUT2D eigenvalue weighted by Gasteiger charge is -2.27. The summed E-state index contributed by atoms with van der Waals surface area (Å²) in [5, 5.41) is 9.78. The zero-order valence-corrected chi connectivity index (χ0v) is 12.0. The predicted molar refractivity (Wildman–Crippen MR) is 77.7 cm³/mol. The van der Waals surface area contributed by atoms with E-state index in [2.05, 4.69) is 21.3 Å². The van der Waals surface area contributed by atoms with Crippen LogP contribution in [0.3, 0.4) is 0 Å². The molecule has 4 nitrogen and oxygen atoms in total. The zero-order chi connectivity index (χ0) is 13.4. The van der Waals surface area contributed by atoms with Crippen LogP contribution < -0.4 is 4.90 Å². The number of benzene rings is 1. The van der Waals surface area contributed by atoms with E-state index in [1.54, 1.807) is 0 Å². The molecule has 0 amide bonds. The second-order valence-corrected chi connectivity index (χ2v) is 5.78. The maximum atomic E-state index is 9.78. The summed E-state index contributed by atoms with van der Waals surface area (Å²) in [7, 11) is 2.02. The van der Waals surface area contributed by atoms with Crippen molar-refractivity contribution >= 4 is 23.3 Å². The Labute approximate surface area is 117 Å². The molecule has 102 valence electrons. The molecule has 0 radical (unpaired) electrons. The molecule has 5 heteroatoms. The van der Waals surface area contributed by atoms with Crippen LogP contribution in [0, 0.1) is 4.77 Å². The van der Waals surface area contributed by atoms with E-state index in [1.165, 1.54) is 15.9 Å². The van der Waals surface area contributed by atoms with E-state index in [4.69, 9.17) is 12.2 Å². The van der Waals surface area contributed by atoms with Gasteiger partial charge >= 0.3 is 0 Å². The van der Waals surface area contributed by atoms with E-state index >= 15 is 0 Å². The predicted octanol–water partition coefficient (Wildman–Crippen LogP) is 0.706. The molecule has 0 spiro atoms. The Hall–Kier alpha value is -1.17. The average molecular weight is 278 g/mol. The van der Waals surface area contributed by atoms with Crippen molar-refractivity contribution in [2.45, 2.75) is 25.6 Å². The van der Waals surface area contributed by atoms with Gasteiger partial charge in [-0.1, -0.05) is 12.1 Å². The quantitative estimate of drug-likeness (QED) is 0.793. The molecule has 2 N–H and O–H groups in total. The summed E-state index contributed by atoms with van der Waals surface area (Å²) in [6.45, 7) is 2.78. The number of quaternary nitrogens is 1. The van der Waals surface area contributed by atoms with Crippen LogP contribution in [0.5, 0.6) is 0 Å². The number of aliphatic hydroxyl groups excluding tert-OH is 1. The van der Waals surface area contributed by atoms with Gasteiger partial charge in [0, 0.05) is 7.05 Å². The van der Waals surface area contributed by atoms with Crippen LogP contribution in [0.4, 0.5) is 0 Å². The van der Waals surface area contributed by atoms with Crippen molar-refractivity contribution in [1.29, 1.82) is 0 Å². The average Bonchev–Trinajstić information content (AvgIpc) is 2.65. The molecule has 1 fully saturated rings.